The highest BCUT2D eigenvalue weighted by Crippen LogP contribution is 2.28. The first kappa shape index (κ1) is 16.2. The normalized spacial score (nSPS) is 14.5. The summed E-state index contributed by atoms with van der Waals surface area (Å²) in [7, 11) is 0. The van der Waals surface area contributed by atoms with Gasteiger partial charge in [-0.1, -0.05) is 12.1 Å². The summed E-state index contributed by atoms with van der Waals surface area (Å²) in [6.07, 6.45) is 4.69. The van der Waals surface area contributed by atoms with Crippen molar-refractivity contribution in [1.29, 1.82) is 0 Å². The molecule has 1 N–H and O–H groups in total. The first-order chi connectivity index (χ1) is 11.3. The van der Waals surface area contributed by atoms with Crippen molar-refractivity contribution in [3.63, 3.8) is 0 Å². The van der Waals surface area contributed by atoms with E-state index in [0.29, 0.717) is 13.2 Å². The van der Waals surface area contributed by atoms with Crippen molar-refractivity contribution in [3.8, 4) is 0 Å². The lowest BCUT2D eigenvalue weighted by Crippen LogP contribution is -2.12. The van der Waals surface area contributed by atoms with E-state index in [9.17, 15) is 4.79 Å². The van der Waals surface area contributed by atoms with Crippen LogP contribution in [0.25, 0.3) is 10.9 Å². The Hall–Kier alpha value is -1.65. The molecule has 1 saturated carbocycles. The first-order valence-corrected chi connectivity index (χ1v) is 8.51. The van der Waals surface area contributed by atoms with Crippen LogP contribution < -0.4 is 5.43 Å². The van der Waals surface area contributed by atoms with Crippen molar-refractivity contribution < 1.29 is 9.47 Å². The standard InChI is InChI=1S/C19H25NO3/c1-14-18(20-17-7-3-2-6-16(17)19(14)21)13-23-11-5-4-10-22-12-15-8-9-15/h2-3,6-7,15H,4-5,8-13H2,1H3,(H,20,21). The summed E-state index contributed by atoms with van der Waals surface area (Å²) < 4.78 is 11.3. The molecule has 3 rings (SSSR count). The van der Waals surface area contributed by atoms with E-state index in [-0.39, 0.29) is 5.43 Å². The zero-order chi connectivity index (χ0) is 16.1. The van der Waals surface area contributed by atoms with E-state index in [2.05, 4.69) is 4.98 Å². The molecule has 0 spiro atoms. The summed E-state index contributed by atoms with van der Waals surface area (Å²) in [6, 6.07) is 7.60. The summed E-state index contributed by atoms with van der Waals surface area (Å²) in [5.74, 6) is 0.832. The van der Waals surface area contributed by atoms with Gasteiger partial charge in [0, 0.05) is 42.0 Å². The molecule has 1 fully saturated rings. The highest BCUT2D eigenvalue weighted by molar-refractivity contribution is 5.79. The van der Waals surface area contributed by atoms with E-state index in [1.54, 1.807) is 0 Å². The number of fused-ring (bicyclic) bond motifs is 1. The molecule has 1 aromatic carbocycles. The smallest absolute Gasteiger partial charge is 0.192 e. The molecule has 4 nitrogen and oxygen atoms in total. The summed E-state index contributed by atoms with van der Waals surface area (Å²) >= 11 is 0. The van der Waals surface area contributed by atoms with Gasteiger partial charge in [0.15, 0.2) is 5.43 Å². The second kappa shape index (κ2) is 7.75. The van der Waals surface area contributed by atoms with Gasteiger partial charge in [0.05, 0.1) is 6.61 Å². The van der Waals surface area contributed by atoms with E-state index < -0.39 is 0 Å². The average Bonchev–Trinajstić information content (AvgIpc) is 3.38. The first-order valence-electron chi connectivity index (χ1n) is 8.51. The number of nitrogens with one attached hydrogen (secondary N) is 1. The number of hydrogen-bond donors (Lipinski definition) is 1. The van der Waals surface area contributed by atoms with Crippen LogP contribution >= 0.6 is 0 Å². The van der Waals surface area contributed by atoms with Crippen LogP contribution in [0.5, 0.6) is 0 Å². The summed E-state index contributed by atoms with van der Waals surface area (Å²) in [5.41, 5.74) is 2.58. The van der Waals surface area contributed by atoms with Gasteiger partial charge in [-0.15, -0.1) is 0 Å². The molecular formula is C19H25NO3. The number of rotatable bonds is 9. The maximum Gasteiger partial charge on any atom is 0.192 e. The molecule has 1 aliphatic carbocycles. The molecule has 0 aliphatic heterocycles. The lowest BCUT2D eigenvalue weighted by atomic mass is 10.1. The van der Waals surface area contributed by atoms with Gasteiger partial charge in [-0.05, 0) is 50.7 Å². The van der Waals surface area contributed by atoms with Gasteiger partial charge < -0.3 is 14.5 Å². The molecule has 0 saturated heterocycles. The van der Waals surface area contributed by atoms with Crippen LogP contribution in [-0.4, -0.2) is 24.8 Å². The summed E-state index contributed by atoms with van der Waals surface area (Å²) in [6.45, 7) is 4.76. The predicted molar refractivity (Wildman–Crippen MR) is 91.7 cm³/mol. The van der Waals surface area contributed by atoms with Crippen LogP contribution in [0.3, 0.4) is 0 Å². The van der Waals surface area contributed by atoms with Gasteiger partial charge in [0.1, 0.15) is 0 Å². The molecule has 1 heterocycles. The minimum absolute atomic E-state index is 0.0893. The zero-order valence-corrected chi connectivity index (χ0v) is 13.8. The third-order valence-electron chi connectivity index (χ3n) is 4.37. The van der Waals surface area contributed by atoms with Crippen LogP contribution in [0.4, 0.5) is 0 Å². The number of unbranched alkanes of at least 4 members (excludes halogenated alkanes) is 1. The molecule has 124 valence electrons. The van der Waals surface area contributed by atoms with Gasteiger partial charge in [-0.2, -0.15) is 0 Å². The highest BCUT2D eigenvalue weighted by atomic mass is 16.5. The van der Waals surface area contributed by atoms with Gasteiger partial charge in [0.2, 0.25) is 0 Å². The quantitative estimate of drug-likeness (QED) is 0.720. The second-order valence-electron chi connectivity index (χ2n) is 6.38. The molecule has 2 aromatic rings. The number of ether oxygens (including phenoxy) is 2. The van der Waals surface area contributed by atoms with E-state index in [1.165, 1.54) is 12.8 Å². The van der Waals surface area contributed by atoms with E-state index in [0.717, 1.165) is 54.1 Å². The lowest BCUT2D eigenvalue weighted by Gasteiger charge is -2.09. The minimum atomic E-state index is 0.0893. The Bertz CT molecular complexity index is 703. The van der Waals surface area contributed by atoms with Crippen LogP contribution in [0.2, 0.25) is 0 Å². The topological polar surface area (TPSA) is 51.3 Å². The van der Waals surface area contributed by atoms with Crippen molar-refractivity contribution in [1.82, 2.24) is 4.98 Å². The monoisotopic (exact) mass is 315 g/mol. The average molecular weight is 315 g/mol. The van der Waals surface area contributed by atoms with Crippen LogP contribution in [0.15, 0.2) is 29.1 Å². The van der Waals surface area contributed by atoms with Gasteiger partial charge >= 0.3 is 0 Å². The molecule has 0 bridgehead atoms. The Morgan fingerprint density at radius 2 is 1.87 bits per heavy atom. The van der Waals surface area contributed by atoms with Crippen molar-refractivity contribution >= 4 is 10.9 Å². The van der Waals surface area contributed by atoms with E-state index in [4.69, 9.17) is 9.47 Å². The van der Waals surface area contributed by atoms with Crippen molar-refractivity contribution in [2.75, 3.05) is 19.8 Å². The van der Waals surface area contributed by atoms with Gasteiger partial charge in [0.25, 0.3) is 0 Å². The summed E-state index contributed by atoms with van der Waals surface area (Å²) in [4.78, 5) is 15.6. The summed E-state index contributed by atoms with van der Waals surface area (Å²) in [5, 5.41) is 0.738. The minimum Gasteiger partial charge on any atom is -0.381 e. The van der Waals surface area contributed by atoms with Crippen LogP contribution in [0.1, 0.15) is 36.9 Å². The van der Waals surface area contributed by atoms with Crippen LogP contribution in [-0.2, 0) is 16.1 Å². The number of aromatic amines is 1. The molecule has 0 radical (unpaired) electrons. The van der Waals surface area contributed by atoms with Crippen LogP contribution in [0, 0.1) is 12.8 Å². The predicted octanol–water partition coefficient (Wildman–Crippen LogP) is 3.56. The lowest BCUT2D eigenvalue weighted by molar-refractivity contribution is 0.0906. The molecule has 0 unspecified atom stereocenters. The van der Waals surface area contributed by atoms with E-state index in [1.807, 2.05) is 31.2 Å². The number of hydrogen-bond acceptors (Lipinski definition) is 3. The number of para-hydroxylation sites is 1. The van der Waals surface area contributed by atoms with Crippen molar-refractivity contribution in [2.24, 2.45) is 5.92 Å². The fourth-order valence-corrected chi connectivity index (χ4v) is 2.65. The number of pyridine rings is 1. The Morgan fingerprint density at radius 3 is 2.65 bits per heavy atom. The van der Waals surface area contributed by atoms with Gasteiger partial charge in [-0.25, -0.2) is 0 Å². The molecule has 23 heavy (non-hydrogen) atoms. The Labute approximate surface area is 136 Å². The number of aromatic nitrogens is 1. The zero-order valence-electron chi connectivity index (χ0n) is 13.8. The fraction of sp³-hybridized carbons (Fsp3) is 0.526. The van der Waals surface area contributed by atoms with E-state index >= 15 is 0 Å². The Balaban J connectivity index is 1.43. The highest BCUT2D eigenvalue weighted by Gasteiger charge is 2.20. The third-order valence-corrected chi connectivity index (χ3v) is 4.37. The molecule has 0 amide bonds. The maximum absolute atomic E-state index is 12.3. The molecule has 1 aliphatic rings. The largest absolute Gasteiger partial charge is 0.381 e. The Kier molecular flexibility index (Phi) is 5.47. The molecule has 1 aromatic heterocycles. The molecule has 0 atom stereocenters. The molecule has 4 heteroatoms. The molecular weight excluding hydrogens is 290 g/mol. The SMILES string of the molecule is Cc1c(COCCCCOCC2CC2)[nH]c2ccccc2c1=O. The number of H-pyrrole nitrogens is 1. The maximum atomic E-state index is 12.3. The second-order valence-corrected chi connectivity index (χ2v) is 6.38. The Morgan fingerprint density at radius 1 is 1.13 bits per heavy atom. The van der Waals surface area contributed by atoms with Crippen molar-refractivity contribution in [2.45, 2.75) is 39.2 Å². The van der Waals surface area contributed by atoms with Crippen molar-refractivity contribution in [3.05, 3.63) is 45.7 Å². The number of benzene rings is 1. The fourth-order valence-electron chi connectivity index (χ4n) is 2.65. The third kappa shape index (κ3) is 4.43. The van der Waals surface area contributed by atoms with Gasteiger partial charge in [-0.3, -0.25) is 4.79 Å².